The average Bonchev–Trinajstić information content (AvgIpc) is 2.90. The second-order valence-corrected chi connectivity index (χ2v) is 7.37. The molecule has 0 spiro atoms. The SMILES string of the molecule is C[C@@H](C(=O)NC1CCCCCC1)N1CCN(c2ccc(F)cc2)CC1. The number of halogens is 1. The normalized spacial score (nSPS) is 21.6. The van der Waals surface area contributed by atoms with Gasteiger partial charge in [-0.25, -0.2) is 4.39 Å². The molecule has 138 valence electrons. The van der Waals surface area contributed by atoms with Crippen LogP contribution in [0.2, 0.25) is 0 Å². The lowest BCUT2D eigenvalue weighted by Gasteiger charge is -2.38. The molecule has 1 saturated heterocycles. The summed E-state index contributed by atoms with van der Waals surface area (Å²) in [5, 5.41) is 3.27. The summed E-state index contributed by atoms with van der Waals surface area (Å²) in [4.78, 5) is 17.1. The molecule has 1 aromatic carbocycles. The number of anilines is 1. The van der Waals surface area contributed by atoms with Crippen LogP contribution >= 0.6 is 0 Å². The van der Waals surface area contributed by atoms with E-state index in [1.165, 1.54) is 37.8 Å². The molecule has 1 N–H and O–H groups in total. The maximum absolute atomic E-state index is 13.1. The van der Waals surface area contributed by atoms with Gasteiger partial charge in [-0.1, -0.05) is 25.7 Å². The lowest BCUT2D eigenvalue weighted by Crippen LogP contribution is -2.55. The molecule has 1 aliphatic carbocycles. The van der Waals surface area contributed by atoms with Crippen molar-refractivity contribution >= 4 is 11.6 Å². The molecule has 1 heterocycles. The monoisotopic (exact) mass is 347 g/mol. The molecule has 0 aromatic heterocycles. The average molecular weight is 347 g/mol. The highest BCUT2D eigenvalue weighted by atomic mass is 19.1. The van der Waals surface area contributed by atoms with Crippen LogP contribution < -0.4 is 10.2 Å². The van der Waals surface area contributed by atoms with Crippen LogP contribution in [0, 0.1) is 5.82 Å². The number of piperazine rings is 1. The molecule has 1 atom stereocenters. The van der Waals surface area contributed by atoms with Gasteiger partial charge in [-0.2, -0.15) is 0 Å². The van der Waals surface area contributed by atoms with Crippen LogP contribution in [-0.2, 0) is 4.79 Å². The van der Waals surface area contributed by atoms with Crippen LogP contribution in [0.25, 0.3) is 0 Å². The van der Waals surface area contributed by atoms with Gasteiger partial charge in [0.15, 0.2) is 0 Å². The van der Waals surface area contributed by atoms with E-state index in [1.807, 2.05) is 19.1 Å². The Morgan fingerprint density at radius 1 is 1.04 bits per heavy atom. The molecule has 1 saturated carbocycles. The number of carbonyl (C=O) groups excluding carboxylic acids is 1. The van der Waals surface area contributed by atoms with Gasteiger partial charge in [-0.15, -0.1) is 0 Å². The van der Waals surface area contributed by atoms with Gasteiger partial charge in [-0.05, 0) is 44.0 Å². The van der Waals surface area contributed by atoms with Crippen LogP contribution in [-0.4, -0.2) is 49.1 Å². The molecule has 3 rings (SSSR count). The van der Waals surface area contributed by atoms with E-state index < -0.39 is 0 Å². The summed E-state index contributed by atoms with van der Waals surface area (Å²) in [6.07, 6.45) is 7.31. The molecule has 5 heteroatoms. The van der Waals surface area contributed by atoms with Crippen LogP contribution in [0.5, 0.6) is 0 Å². The molecular formula is C20H30FN3O. The van der Waals surface area contributed by atoms with Crippen molar-refractivity contribution in [3.05, 3.63) is 30.1 Å². The quantitative estimate of drug-likeness (QED) is 0.850. The molecule has 0 radical (unpaired) electrons. The number of benzene rings is 1. The van der Waals surface area contributed by atoms with Crippen molar-refractivity contribution in [1.29, 1.82) is 0 Å². The second kappa shape index (κ2) is 8.65. The van der Waals surface area contributed by atoms with Crippen LogP contribution in [0.1, 0.15) is 45.4 Å². The third-order valence-electron chi connectivity index (χ3n) is 5.63. The van der Waals surface area contributed by atoms with Crippen LogP contribution in [0.3, 0.4) is 0 Å². The Morgan fingerprint density at radius 2 is 1.64 bits per heavy atom. The summed E-state index contributed by atoms with van der Waals surface area (Å²) < 4.78 is 13.1. The van der Waals surface area contributed by atoms with Crippen molar-refractivity contribution in [2.45, 2.75) is 57.5 Å². The number of rotatable bonds is 4. The zero-order valence-corrected chi connectivity index (χ0v) is 15.2. The molecule has 2 aliphatic rings. The molecule has 0 unspecified atom stereocenters. The third kappa shape index (κ3) is 4.94. The summed E-state index contributed by atoms with van der Waals surface area (Å²) in [6, 6.07) is 6.94. The van der Waals surface area contributed by atoms with Gasteiger partial charge in [0.2, 0.25) is 5.91 Å². The predicted octanol–water partition coefficient (Wildman–Crippen LogP) is 3.18. The van der Waals surface area contributed by atoms with Gasteiger partial charge in [0.05, 0.1) is 6.04 Å². The van der Waals surface area contributed by atoms with Crippen molar-refractivity contribution in [1.82, 2.24) is 10.2 Å². The maximum Gasteiger partial charge on any atom is 0.237 e. The summed E-state index contributed by atoms with van der Waals surface area (Å²) >= 11 is 0. The highest BCUT2D eigenvalue weighted by Crippen LogP contribution is 2.19. The van der Waals surface area contributed by atoms with E-state index in [2.05, 4.69) is 15.1 Å². The van der Waals surface area contributed by atoms with E-state index in [-0.39, 0.29) is 17.8 Å². The fraction of sp³-hybridized carbons (Fsp3) is 0.650. The first kappa shape index (κ1) is 18.2. The second-order valence-electron chi connectivity index (χ2n) is 7.37. The van der Waals surface area contributed by atoms with Crippen LogP contribution in [0.4, 0.5) is 10.1 Å². The largest absolute Gasteiger partial charge is 0.369 e. The zero-order chi connectivity index (χ0) is 17.6. The highest BCUT2D eigenvalue weighted by Gasteiger charge is 2.27. The van der Waals surface area contributed by atoms with Crippen LogP contribution in [0.15, 0.2) is 24.3 Å². The van der Waals surface area contributed by atoms with Gasteiger partial charge in [0.1, 0.15) is 5.82 Å². The zero-order valence-electron chi connectivity index (χ0n) is 15.2. The van der Waals surface area contributed by atoms with Gasteiger partial charge in [0.25, 0.3) is 0 Å². The highest BCUT2D eigenvalue weighted by molar-refractivity contribution is 5.81. The summed E-state index contributed by atoms with van der Waals surface area (Å²) in [5.74, 6) is -0.0340. The first-order valence-corrected chi connectivity index (χ1v) is 9.68. The van der Waals surface area contributed by atoms with E-state index in [4.69, 9.17) is 0 Å². The standard InChI is InChI=1S/C20H30FN3O/c1-16(20(25)22-18-6-4-2-3-5-7-18)23-12-14-24(15-13-23)19-10-8-17(21)9-11-19/h8-11,16,18H,2-7,12-15H2,1H3,(H,22,25)/t16-/m0/s1. The van der Waals surface area contributed by atoms with Gasteiger partial charge < -0.3 is 10.2 Å². The maximum atomic E-state index is 13.1. The van der Waals surface area contributed by atoms with Crippen molar-refractivity contribution < 1.29 is 9.18 Å². The third-order valence-corrected chi connectivity index (χ3v) is 5.63. The van der Waals surface area contributed by atoms with E-state index in [9.17, 15) is 9.18 Å². The summed E-state index contributed by atoms with van der Waals surface area (Å²) in [6.45, 7) is 5.46. The Hall–Kier alpha value is -1.62. The smallest absolute Gasteiger partial charge is 0.237 e. The number of nitrogens with one attached hydrogen (secondary N) is 1. The molecule has 25 heavy (non-hydrogen) atoms. The van der Waals surface area contributed by atoms with Crippen molar-refractivity contribution in [2.75, 3.05) is 31.1 Å². The van der Waals surface area contributed by atoms with Gasteiger partial charge in [0, 0.05) is 37.9 Å². The van der Waals surface area contributed by atoms with Crippen molar-refractivity contribution in [3.8, 4) is 0 Å². The number of amides is 1. The molecule has 0 bridgehead atoms. The summed E-state index contributed by atoms with van der Waals surface area (Å²) in [5.41, 5.74) is 1.05. The summed E-state index contributed by atoms with van der Waals surface area (Å²) in [7, 11) is 0. The lowest BCUT2D eigenvalue weighted by atomic mass is 10.1. The number of hydrogen-bond acceptors (Lipinski definition) is 3. The molecule has 1 aromatic rings. The van der Waals surface area contributed by atoms with E-state index in [1.54, 1.807) is 0 Å². The molecule has 1 amide bonds. The first-order chi connectivity index (χ1) is 12.1. The fourth-order valence-electron chi connectivity index (χ4n) is 3.93. The lowest BCUT2D eigenvalue weighted by molar-refractivity contribution is -0.126. The van der Waals surface area contributed by atoms with E-state index in [0.29, 0.717) is 6.04 Å². The fourth-order valence-corrected chi connectivity index (χ4v) is 3.93. The molecule has 4 nitrogen and oxygen atoms in total. The molecule has 1 aliphatic heterocycles. The number of hydrogen-bond donors (Lipinski definition) is 1. The van der Waals surface area contributed by atoms with Gasteiger partial charge in [-0.3, -0.25) is 9.69 Å². The molecule has 2 fully saturated rings. The Morgan fingerprint density at radius 3 is 2.24 bits per heavy atom. The number of carbonyl (C=O) groups is 1. The Labute approximate surface area is 150 Å². The van der Waals surface area contributed by atoms with Gasteiger partial charge >= 0.3 is 0 Å². The van der Waals surface area contributed by atoms with Crippen molar-refractivity contribution in [3.63, 3.8) is 0 Å². The minimum atomic E-state index is -0.203. The minimum Gasteiger partial charge on any atom is -0.369 e. The van der Waals surface area contributed by atoms with E-state index >= 15 is 0 Å². The van der Waals surface area contributed by atoms with Crippen molar-refractivity contribution in [2.24, 2.45) is 0 Å². The Bertz CT molecular complexity index is 547. The Kier molecular flexibility index (Phi) is 6.29. The molecular weight excluding hydrogens is 317 g/mol. The first-order valence-electron chi connectivity index (χ1n) is 9.68. The minimum absolute atomic E-state index is 0.0846. The Balaban J connectivity index is 1.48. The number of nitrogens with zero attached hydrogens (tertiary/aromatic N) is 2. The predicted molar refractivity (Wildman–Crippen MR) is 99.3 cm³/mol. The van der Waals surface area contributed by atoms with E-state index in [0.717, 1.165) is 44.7 Å². The topological polar surface area (TPSA) is 35.6 Å².